The molecule has 1 aromatic heterocycles. The van der Waals surface area contributed by atoms with E-state index >= 15 is 8.78 Å². The number of methoxy groups -OCH3 is 2. The number of rotatable bonds is 9. The van der Waals surface area contributed by atoms with Crippen molar-refractivity contribution in [2.75, 3.05) is 58.9 Å². The fourth-order valence-corrected chi connectivity index (χ4v) is 10.3. The van der Waals surface area contributed by atoms with Crippen molar-refractivity contribution in [1.82, 2.24) is 30.4 Å². The van der Waals surface area contributed by atoms with E-state index in [1.165, 1.54) is 20.3 Å². The molecule has 3 fully saturated rings. The number of nitrogens with zero attached hydrogens (tertiary/aromatic N) is 4. The number of carbonyl (C=O) groups is 4. The molecule has 5 aliphatic rings. The molecule has 4 aliphatic heterocycles. The first kappa shape index (κ1) is 42.0. The number of fused-ring (bicyclic) bond motifs is 5. The van der Waals surface area contributed by atoms with Gasteiger partial charge in [0.25, 0.3) is 5.92 Å². The predicted octanol–water partition coefficient (Wildman–Crippen LogP) is 6.70. The summed E-state index contributed by atoms with van der Waals surface area (Å²) in [5, 5.41) is 8.58. The topological polar surface area (TPSA) is 180 Å². The van der Waals surface area contributed by atoms with Gasteiger partial charge in [0, 0.05) is 41.0 Å². The Morgan fingerprint density at radius 1 is 0.841 bits per heavy atom. The van der Waals surface area contributed by atoms with Crippen molar-refractivity contribution in [2.24, 2.45) is 10.9 Å². The second-order valence-electron chi connectivity index (χ2n) is 16.9. The molecule has 1 spiro atoms. The largest absolute Gasteiger partial charge is 0.453 e. The number of hydrogen-bond acceptors (Lipinski definition) is 10. The number of halogens is 2. The normalized spacial score (nSPS) is 22.5. The molecule has 15 nitrogen and oxygen atoms in total. The monoisotopic (exact) mass is 864 g/mol. The lowest BCUT2D eigenvalue weighted by molar-refractivity contribution is -0.138. The summed E-state index contributed by atoms with van der Waals surface area (Å²) < 4.78 is 48.4. The molecule has 3 atom stereocenters. The fourth-order valence-electron chi connectivity index (χ4n) is 10.3. The molecule has 0 radical (unpaired) electrons. The number of alkyl halides is 2. The molecule has 3 unspecified atom stereocenters. The van der Waals surface area contributed by atoms with Crippen LogP contribution in [-0.4, -0.2) is 109 Å². The number of H-pyrrole nitrogens is 1. The zero-order valence-electron chi connectivity index (χ0n) is 35.6. The Hall–Kier alpha value is -6.36. The van der Waals surface area contributed by atoms with E-state index in [4.69, 9.17) is 14.5 Å². The lowest BCUT2D eigenvalue weighted by atomic mass is 9.72. The summed E-state index contributed by atoms with van der Waals surface area (Å²) in [5.41, 5.74) is 3.35. The first-order valence-corrected chi connectivity index (χ1v) is 21.4. The fraction of sp³-hybridized carbons (Fsp3) is 0.435. The Bertz CT molecular complexity index is 2540. The Morgan fingerprint density at radius 2 is 1.48 bits per heavy atom. The van der Waals surface area contributed by atoms with Crippen molar-refractivity contribution in [2.45, 2.75) is 69.0 Å². The molecule has 63 heavy (non-hydrogen) atoms. The van der Waals surface area contributed by atoms with Crippen molar-refractivity contribution in [1.29, 1.82) is 0 Å². The smallest absolute Gasteiger partial charge is 0.407 e. The number of piperidine rings is 1. The van der Waals surface area contributed by atoms with Gasteiger partial charge in [0.05, 0.1) is 45.4 Å². The number of benzene rings is 3. The van der Waals surface area contributed by atoms with Crippen LogP contribution in [0.4, 0.5) is 24.1 Å². The molecule has 4 aromatic rings. The van der Waals surface area contributed by atoms with Crippen LogP contribution < -0.4 is 16.0 Å². The Labute approximate surface area is 363 Å². The molecule has 3 aromatic carbocycles. The van der Waals surface area contributed by atoms with Crippen molar-refractivity contribution >= 4 is 35.5 Å². The van der Waals surface area contributed by atoms with Crippen molar-refractivity contribution in [3.05, 3.63) is 83.3 Å². The van der Waals surface area contributed by atoms with Gasteiger partial charge in [-0.15, -0.1) is 0 Å². The van der Waals surface area contributed by atoms with Gasteiger partial charge in [-0.05, 0) is 78.5 Å². The third kappa shape index (κ3) is 6.96. The molecule has 330 valence electrons. The molecule has 0 saturated carbocycles. The zero-order valence-corrected chi connectivity index (χ0v) is 35.6. The van der Waals surface area contributed by atoms with Crippen molar-refractivity contribution in [3.8, 4) is 33.5 Å². The standard InChI is InChI=1S/C46H50F2N8O7/c1-5-45(26(2)8-6-17-56(45)39(58)23-51-43(60)62-4)41-53-35-20-28(12-15-32(35)44(54-41)24-63-25-44)27-10-13-30-31-14-11-29(19-34(31)46(47,48)33(30)18-27)36-21-49-40(52-36)37-9-7-16-55(37)38(57)22-50-42(59)61-3/h10-15,18-21,26,37H,5-9,16-17,22-25H2,1-4H3,(H,49,52)(H,50,59)(H,51,60)(H,53,54). The van der Waals surface area contributed by atoms with Crippen LogP contribution in [0.5, 0.6) is 0 Å². The maximum Gasteiger partial charge on any atom is 0.407 e. The predicted molar refractivity (Wildman–Crippen MR) is 229 cm³/mol. The molecular weight excluding hydrogens is 815 g/mol. The number of aromatic nitrogens is 2. The lowest BCUT2D eigenvalue weighted by Crippen LogP contribution is -2.67. The molecule has 5 heterocycles. The molecule has 3 saturated heterocycles. The number of anilines is 1. The van der Waals surface area contributed by atoms with E-state index in [0.29, 0.717) is 78.8 Å². The summed E-state index contributed by atoms with van der Waals surface area (Å²) in [6, 6.07) is 15.7. The van der Waals surface area contributed by atoms with Crippen LogP contribution in [0.25, 0.3) is 33.5 Å². The minimum Gasteiger partial charge on any atom is -0.453 e. The number of imidazole rings is 1. The number of aromatic amines is 1. The molecule has 17 heteroatoms. The summed E-state index contributed by atoms with van der Waals surface area (Å²) in [5.74, 6) is -2.60. The number of amides is 4. The number of likely N-dealkylation sites (tertiary alicyclic amines) is 2. The van der Waals surface area contributed by atoms with Crippen LogP contribution >= 0.6 is 0 Å². The van der Waals surface area contributed by atoms with Gasteiger partial charge in [0.15, 0.2) is 0 Å². The van der Waals surface area contributed by atoms with E-state index < -0.39 is 29.2 Å². The second-order valence-corrected chi connectivity index (χ2v) is 16.9. The van der Waals surface area contributed by atoms with Crippen LogP contribution in [-0.2, 0) is 35.3 Å². The van der Waals surface area contributed by atoms with Crippen LogP contribution in [0.1, 0.15) is 74.5 Å². The zero-order chi connectivity index (χ0) is 44.3. The highest BCUT2D eigenvalue weighted by atomic mass is 19.3. The van der Waals surface area contributed by atoms with Crippen LogP contribution in [0.3, 0.4) is 0 Å². The van der Waals surface area contributed by atoms with Crippen LogP contribution in [0, 0.1) is 5.92 Å². The SMILES string of the molecule is CCC1(C2=NC3(COC3)c3ccc(-c4ccc5c(c4)C(F)(F)c4cc(-c6cnc(C7CCCN7C(=O)CNC(=O)OC)[nH]6)ccc4-5)cc3N2)C(C)CCCN1C(=O)CNC(=O)OC. The first-order valence-electron chi connectivity index (χ1n) is 21.4. The number of ether oxygens (including phenoxy) is 3. The van der Waals surface area contributed by atoms with Gasteiger partial charge >= 0.3 is 12.2 Å². The van der Waals surface area contributed by atoms with Crippen molar-refractivity contribution < 1.29 is 42.2 Å². The summed E-state index contributed by atoms with van der Waals surface area (Å²) >= 11 is 0. The molecule has 1 aliphatic carbocycles. The number of amidine groups is 1. The molecular formula is C46H50F2N8O7. The van der Waals surface area contributed by atoms with Gasteiger partial charge in [0.1, 0.15) is 35.8 Å². The summed E-state index contributed by atoms with van der Waals surface area (Å²) in [6.07, 6.45) is 3.87. The number of aliphatic imine (C=N–C) groups is 1. The number of carbonyl (C=O) groups excluding carboxylic acids is 4. The van der Waals surface area contributed by atoms with Crippen LogP contribution in [0.15, 0.2) is 65.8 Å². The third-order valence-electron chi connectivity index (χ3n) is 13.6. The van der Waals surface area contributed by atoms with Gasteiger partial charge in [-0.2, -0.15) is 8.78 Å². The quantitative estimate of drug-likeness (QED) is 0.143. The number of nitrogens with one attached hydrogen (secondary N) is 4. The highest BCUT2D eigenvalue weighted by Gasteiger charge is 2.54. The Balaban J connectivity index is 0.984. The number of hydrogen-bond donors (Lipinski definition) is 4. The van der Waals surface area contributed by atoms with E-state index in [1.54, 1.807) is 35.4 Å². The van der Waals surface area contributed by atoms with Gasteiger partial charge in [0.2, 0.25) is 11.8 Å². The summed E-state index contributed by atoms with van der Waals surface area (Å²) in [4.78, 5) is 66.8. The summed E-state index contributed by atoms with van der Waals surface area (Å²) in [6.45, 7) is 5.44. The molecule has 4 N–H and O–H groups in total. The van der Waals surface area contributed by atoms with Crippen molar-refractivity contribution in [3.63, 3.8) is 0 Å². The lowest BCUT2D eigenvalue weighted by Gasteiger charge is -2.54. The highest BCUT2D eigenvalue weighted by molar-refractivity contribution is 6.07. The summed E-state index contributed by atoms with van der Waals surface area (Å²) in [7, 11) is 2.48. The second kappa shape index (κ2) is 16.1. The van der Waals surface area contributed by atoms with Gasteiger partial charge in [-0.25, -0.2) is 14.6 Å². The van der Waals surface area contributed by atoms with Crippen LogP contribution in [0.2, 0.25) is 0 Å². The molecule has 0 bridgehead atoms. The number of alkyl carbamates (subject to hydrolysis) is 2. The minimum absolute atomic E-state index is 0.0280. The van der Waals surface area contributed by atoms with E-state index in [0.717, 1.165) is 36.1 Å². The molecule has 9 rings (SSSR count). The van der Waals surface area contributed by atoms with Gasteiger partial charge in [-0.3, -0.25) is 14.6 Å². The average molecular weight is 865 g/mol. The van der Waals surface area contributed by atoms with Gasteiger partial charge in [-0.1, -0.05) is 50.2 Å². The van der Waals surface area contributed by atoms with E-state index in [9.17, 15) is 19.2 Å². The Morgan fingerprint density at radius 3 is 2.14 bits per heavy atom. The van der Waals surface area contributed by atoms with E-state index in [1.807, 2.05) is 36.1 Å². The third-order valence-corrected chi connectivity index (χ3v) is 13.6. The maximum absolute atomic E-state index is 16.7. The van der Waals surface area contributed by atoms with Gasteiger partial charge < -0.3 is 44.9 Å². The molecule has 4 amide bonds. The Kier molecular flexibility index (Phi) is 10.7. The van der Waals surface area contributed by atoms with E-state index in [-0.39, 0.29) is 48.0 Å². The highest BCUT2D eigenvalue weighted by Crippen LogP contribution is 2.53. The average Bonchev–Trinajstić information content (AvgIpc) is 4.03. The maximum atomic E-state index is 16.7. The first-order chi connectivity index (χ1) is 30.3. The van der Waals surface area contributed by atoms with E-state index in [2.05, 4.69) is 37.6 Å². The minimum atomic E-state index is -3.30.